The van der Waals surface area contributed by atoms with Gasteiger partial charge in [-0.25, -0.2) is 9.59 Å². The molecule has 0 radical (unpaired) electrons. The van der Waals surface area contributed by atoms with Crippen LogP contribution >= 0.6 is 0 Å². The summed E-state index contributed by atoms with van der Waals surface area (Å²) in [7, 11) is 0. The smallest absolute Gasteiger partial charge is 0.475 e. The number of aliphatic carboxylic acids is 2. The second kappa shape index (κ2) is 13.0. The molecule has 10 nitrogen and oxygen atoms in total. The lowest BCUT2D eigenvalue weighted by atomic mass is 9.99. The quantitative estimate of drug-likeness (QED) is 0.522. The Morgan fingerprint density at radius 1 is 0.897 bits per heavy atom. The summed E-state index contributed by atoms with van der Waals surface area (Å²) in [6, 6.07) is 7.33. The molecule has 5 rings (SSSR count). The van der Waals surface area contributed by atoms with E-state index < -0.39 is 24.3 Å². The highest BCUT2D eigenvalue weighted by Crippen LogP contribution is 2.36. The third-order valence-electron chi connectivity index (χ3n) is 6.43. The number of hydrogen-bond donors (Lipinski definition) is 2. The van der Waals surface area contributed by atoms with E-state index in [1.54, 1.807) is 0 Å². The van der Waals surface area contributed by atoms with Gasteiger partial charge in [-0.1, -0.05) is 6.07 Å². The predicted molar refractivity (Wildman–Crippen MR) is 119 cm³/mol. The van der Waals surface area contributed by atoms with Crippen LogP contribution in [0.2, 0.25) is 0 Å². The molecule has 3 fully saturated rings. The molecular formula is C23H28F6N2O8. The maximum atomic E-state index is 10.6. The highest BCUT2D eigenvalue weighted by atomic mass is 19.4. The highest BCUT2D eigenvalue weighted by Gasteiger charge is 2.46. The Bertz CT molecular complexity index is 962. The number of morpholine rings is 1. The van der Waals surface area contributed by atoms with Crippen molar-refractivity contribution in [2.45, 2.75) is 49.9 Å². The van der Waals surface area contributed by atoms with Crippen molar-refractivity contribution in [1.82, 2.24) is 9.80 Å². The average molecular weight is 574 g/mol. The molecule has 1 aromatic carbocycles. The minimum absolute atomic E-state index is 0.333. The van der Waals surface area contributed by atoms with Gasteiger partial charge in [-0.15, -0.1) is 0 Å². The molecule has 16 heteroatoms. The highest BCUT2D eigenvalue weighted by molar-refractivity contribution is 5.73. The van der Waals surface area contributed by atoms with E-state index in [1.165, 1.54) is 12.0 Å². The lowest BCUT2D eigenvalue weighted by Crippen LogP contribution is -2.51. The number of nitrogens with zero attached hydrogens (tertiary/aromatic N) is 2. The summed E-state index contributed by atoms with van der Waals surface area (Å²) in [6.07, 6.45) is -7.44. The zero-order valence-corrected chi connectivity index (χ0v) is 20.5. The third-order valence-corrected chi connectivity index (χ3v) is 6.43. The number of halogens is 6. The Labute approximate surface area is 219 Å². The molecule has 2 N–H and O–H groups in total. The van der Waals surface area contributed by atoms with Gasteiger partial charge in [0.2, 0.25) is 6.79 Å². The molecule has 4 aliphatic heterocycles. The van der Waals surface area contributed by atoms with Gasteiger partial charge in [-0.2, -0.15) is 26.3 Å². The first-order valence-electron chi connectivity index (χ1n) is 11.9. The minimum atomic E-state index is -5.08. The zero-order chi connectivity index (χ0) is 28.8. The van der Waals surface area contributed by atoms with Gasteiger partial charge in [-0.05, 0) is 30.5 Å². The molecule has 4 heterocycles. The number of likely N-dealkylation sites (tertiary alicyclic amines) is 1. The van der Waals surface area contributed by atoms with Crippen LogP contribution in [0.25, 0.3) is 0 Å². The Morgan fingerprint density at radius 2 is 1.49 bits per heavy atom. The molecule has 4 aliphatic rings. The lowest BCUT2D eigenvalue weighted by molar-refractivity contribution is -0.193. The molecule has 0 bridgehead atoms. The summed E-state index contributed by atoms with van der Waals surface area (Å²) in [5.74, 6) is -3.78. The van der Waals surface area contributed by atoms with Crippen molar-refractivity contribution in [1.29, 1.82) is 0 Å². The number of carboxylic acid groups (broad SMARTS) is 2. The minimum Gasteiger partial charge on any atom is -0.475 e. The second-order valence-corrected chi connectivity index (χ2v) is 8.98. The van der Waals surface area contributed by atoms with Gasteiger partial charge in [0, 0.05) is 38.8 Å². The van der Waals surface area contributed by atoms with E-state index in [2.05, 4.69) is 21.9 Å². The number of benzene rings is 1. The van der Waals surface area contributed by atoms with Gasteiger partial charge < -0.3 is 29.2 Å². The summed E-state index contributed by atoms with van der Waals surface area (Å²) in [6.45, 7) is 6.99. The third kappa shape index (κ3) is 8.58. The van der Waals surface area contributed by atoms with Gasteiger partial charge >= 0.3 is 24.3 Å². The zero-order valence-electron chi connectivity index (χ0n) is 20.5. The Hall–Kier alpha value is -2.82. The van der Waals surface area contributed by atoms with E-state index >= 15 is 0 Å². The summed E-state index contributed by atoms with van der Waals surface area (Å²) in [5.41, 5.74) is 1.29. The molecule has 39 heavy (non-hydrogen) atoms. The van der Waals surface area contributed by atoms with Crippen molar-refractivity contribution in [3.05, 3.63) is 23.8 Å². The maximum Gasteiger partial charge on any atom is 0.490 e. The molecule has 3 saturated heterocycles. The number of fused-ring (bicyclic) bond motifs is 2. The predicted octanol–water partition coefficient (Wildman–Crippen LogP) is 2.75. The lowest BCUT2D eigenvalue weighted by Gasteiger charge is -2.37. The van der Waals surface area contributed by atoms with Gasteiger partial charge in [0.25, 0.3) is 0 Å². The molecule has 1 aromatic rings. The van der Waals surface area contributed by atoms with Gasteiger partial charge in [0.1, 0.15) is 0 Å². The SMILES string of the molecule is O=C(O)C(F)(F)F.O=C(O)C(F)(F)F.c1cc2c(cc1CN1C[C@H](N3CCOCC3)[C@@H]3OCCC[C@@H]31)OCO2. The number of carboxylic acids is 2. The van der Waals surface area contributed by atoms with Crippen LogP contribution in [0.5, 0.6) is 11.5 Å². The van der Waals surface area contributed by atoms with E-state index in [-0.39, 0.29) is 0 Å². The van der Waals surface area contributed by atoms with Crippen LogP contribution in [0.4, 0.5) is 26.3 Å². The largest absolute Gasteiger partial charge is 0.490 e. The Balaban J connectivity index is 0.000000251. The standard InChI is InChI=1S/C19H26N2O4.2C2HF3O2/c1-2-15-19(23-7-1)16(20-5-8-22-9-6-20)12-21(15)11-14-3-4-17-18(10-14)25-13-24-17;2*3-2(4,5)1(6)7/h3-4,10,15-16,19H,1-2,5-9,11-13H2;2*(H,6,7)/t15-,16-,19+;;/m0../s1. The van der Waals surface area contributed by atoms with Crippen LogP contribution in [-0.2, 0) is 25.6 Å². The van der Waals surface area contributed by atoms with Gasteiger partial charge in [0.15, 0.2) is 11.5 Å². The van der Waals surface area contributed by atoms with Crippen molar-refractivity contribution in [2.24, 2.45) is 0 Å². The monoisotopic (exact) mass is 574 g/mol. The second-order valence-electron chi connectivity index (χ2n) is 8.98. The van der Waals surface area contributed by atoms with Crippen molar-refractivity contribution in [3.8, 4) is 11.5 Å². The molecule has 0 unspecified atom stereocenters. The van der Waals surface area contributed by atoms with Crippen LogP contribution < -0.4 is 9.47 Å². The van der Waals surface area contributed by atoms with Crippen LogP contribution in [0.1, 0.15) is 18.4 Å². The number of ether oxygens (including phenoxy) is 4. The number of alkyl halides is 6. The first-order valence-corrected chi connectivity index (χ1v) is 11.9. The summed E-state index contributed by atoms with van der Waals surface area (Å²) >= 11 is 0. The molecule has 0 aromatic heterocycles. The van der Waals surface area contributed by atoms with Crippen LogP contribution in [0, 0.1) is 0 Å². The number of carbonyl (C=O) groups is 2. The summed E-state index contributed by atoms with van der Waals surface area (Å²) in [4.78, 5) is 23.0. The summed E-state index contributed by atoms with van der Waals surface area (Å²) < 4.78 is 86.2. The number of hydrogen-bond acceptors (Lipinski definition) is 8. The van der Waals surface area contributed by atoms with Crippen LogP contribution in [0.15, 0.2) is 18.2 Å². The Morgan fingerprint density at radius 3 is 2.08 bits per heavy atom. The number of rotatable bonds is 3. The first kappa shape index (κ1) is 30.7. The fourth-order valence-electron chi connectivity index (χ4n) is 4.71. The van der Waals surface area contributed by atoms with Crippen LogP contribution in [0.3, 0.4) is 0 Å². The van der Waals surface area contributed by atoms with Gasteiger partial charge in [-0.3, -0.25) is 9.80 Å². The van der Waals surface area contributed by atoms with Crippen LogP contribution in [-0.4, -0.2) is 109 Å². The molecule has 0 aliphatic carbocycles. The average Bonchev–Trinajstić information content (AvgIpc) is 3.49. The van der Waals surface area contributed by atoms with E-state index in [0.29, 0.717) is 25.0 Å². The fraction of sp³-hybridized carbons (Fsp3) is 0.652. The van der Waals surface area contributed by atoms with E-state index in [0.717, 1.165) is 63.9 Å². The van der Waals surface area contributed by atoms with Crippen molar-refractivity contribution in [2.75, 3.05) is 46.2 Å². The molecular weight excluding hydrogens is 546 g/mol. The summed E-state index contributed by atoms with van der Waals surface area (Å²) in [5, 5.41) is 14.2. The topological polar surface area (TPSA) is 118 Å². The van der Waals surface area contributed by atoms with Crippen molar-refractivity contribution in [3.63, 3.8) is 0 Å². The van der Waals surface area contributed by atoms with E-state index in [1.807, 2.05) is 6.07 Å². The fourth-order valence-corrected chi connectivity index (χ4v) is 4.71. The van der Waals surface area contributed by atoms with Gasteiger partial charge in [0.05, 0.1) is 25.4 Å². The molecule has 0 amide bonds. The Kier molecular flexibility index (Phi) is 10.3. The molecule has 0 spiro atoms. The first-order chi connectivity index (χ1) is 18.3. The molecule has 3 atom stereocenters. The maximum absolute atomic E-state index is 10.6. The van der Waals surface area contributed by atoms with E-state index in [9.17, 15) is 26.3 Å². The van der Waals surface area contributed by atoms with Crippen molar-refractivity contribution < 1.29 is 65.1 Å². The molecule has 0 saturated carbocycles. The molecule has 220 valence electrons. The normalized spacial score (nSPS) is 25.0. The van der Waals surface area contributed by atoms with Crippen molar-refractivity contribution >= 4 is 11.9 Å². The van der Waals surface area contributed by atoms with E-state index in [4.69, 9.17) is 38.7 Å².